The van der Waals surface area contributed by atoms with Crippen LogP contribution in [0.2, 0.25) is 0 Å². The first-order valence-electron chi connectivity index (χ1n) is 10.2. The van der Waals surface area contributed by atoms with Gasteiger partial charge in [-0.05, 0) is 52.5 Å². The molecule has 0 saturated carbocycles. The van der Waals surface area contributed by atoms with Crippen LogP contribution in [0, 0.1) is 0 Å². The lowest BCUT2D eigenvalue weighted by Gasteiger charge is -2.32. The highest BCUT2D eigenvalue weighted by molar-refractivity contribution is 5.50. The Bertz CT molecular complexity index is 778. The molecule has 0 unspecified atom stereocenters. The standard InChI is InChI=1S/C27H36O/c1-9-11-20(10-2)27(28,23-16-12-21(13-17-23)25(3,4)5)24-18-14-22(15-19-24)26(6,7)8/h9-19,28H,1-8H3/b11-9-,20-10+. The van der Waals surface area contributed by atoms with Gasteiger partial charge < -0.3 is 5.11 Å². The zero-order chi connectivity index (χ0) is 21.2. The highest BCUT2D eigenvalue weighted by atomic mass is 16.3. The molecule has 0 heterocycles. The summed E-state index contributed by atoms with van der Waals surface area (Å²) in [6.07, 6.45) is 5.97. The predicted molar refractivity (Wildman–Crippen MR) is 122 cm³/mol. The summed E-state index contributed by atoms with van der Waals surface area (Å²) >= 11 is 0. The van der Waals surface area contributed by atoms with Crippen molar-refractivity contribution in [2.75, 3.05) is 0 Å². The molecule has 0 fully saturated rings. The molecule has 0 bridgehead atoms. The van der Waals surface area contributed by atoms with Crippen LogP contribution < -0.4 is 0 Å². The van der Waals surface area contributed by atoms with Gasteiger partial charge in [-0.15, -0.1) is 0 Å². The molecule has 1 nitrogen and oxygen atoms in total. The zero-order valence-electron chi connectivity index (χ0n) is 18.8. The smallest absolute Gasteiger partial charge is 0.140 e. The van der Waals surface area contributed by atoms with E-state index in [1.807, 2.05) is 32.1 Å². The number of hydrogen-bond acceptors (Lipinski definition) is 1. The van der Waals surface area contributed by atoms with Crippen molar-refractivity contribution in [1.82, 2.24) is 0 Å². The summed E-state index contributed by atoms with van der Waals surface area (Å²) in [6, 6.07) is 16.8. The fourth-order valence-electron chi connectivity index (χ4n) is 3.53. The molecule has 0 aromatic heterocycles. The maximum atomic E-state index is 12.0. The van der Waals surface area contributed by atoms with Crippen LogP contribution in [0.1, 0.15) is 77.6 Å². The van der Waals surface area contributed by atoms with Gasteiger partial charge in [0.25, 0.3) is 0 Å². The zero-order valence-corrected chi connectivity index (χ0v) is 18.8. The summed E-state index contributed by atoms with van der Waals surface area (Å²) in [6.45, 7) is 17.2. The topological polar surface area (TPSA) is 20.2 Å². The van der Waals surface area contributed by atoms with Crippen LogP contribution in [0.4, 0.5) is 0 Å². The van der Waals surface area contributed by atoms with Gasteiger partial charge >= 0.3 is 0 Å². The number of rotatable bonds is 4. The van der Waals surface area contributed by atoms with Crippen LogP contribution in [0.25, 0.3) is 0 Å². The van der Waals surface area contributed by atoms with Gasteiger partial charge in [-0.25, -0.2) is 0 Å². The summed E-state index contributed by atoms with van der Waals surface area (Å²) in [5.74, 6) is 0. The van der Waals surface area contributed by atoms with E-state index in [1.54, 1.807) is 0 Å². The molecule has 0 aliphatic carbocycles. The van der Waals surface area contributed by atoms with E-state index in [-0.39, 0.29) is 10.8 Å². The summed E-state index contributed by atoms with van der Waals surface area (Å²) in [7, 11) is 0. The lowest BCUT2D eigenvalue weighted by atomic mass is 9.77. The van der Waals surface area contributed by atoms with Crippen molar-refractivity contribution in [3.63, 3.8) is 0 Å². The van der Waals surface area contributed by atoms with E-state index in [2.05, 4.69) is 90.1 Å². The molecule has 2 rings (SSSR count). The third-order valence-corrected chi connectivity index (χ3v) is 5.41. The predicted octanol–water partition coefficient (Wildman–Crippen LogP) is 7.04. The molecule has 0 aliphatic heterocycles. The van der Waals surface area contributed by atoms with E-state index in [1.165, 1.54) is 11.1 Å². The molecule has 0 amide bonds. The molecule has 0 aliphatic rings. The Kier molecular flexibility index (Phi) is 6.41. The lowest BCUT2D eigenvalue weighted by molar-refractivity contribution is 0.124. The molecule has 0 saturated heterocycles. The molecule has 0 atom stereocenters. The first kappa shape index (κ1) is 22.2. The van der Waals surface area contributed by atoms with Gasteiger partial charge in [0.2, 0.25) is 0 Å². The quantitative estimate of drug-likeness (QED) is 0.567. The van der Waals surface area contributed by atoms with Gasteiger partial charge in [0.05, 0.1) is 0 Å². The molecule has 0 radical (unpaired) electrons. The lowest BCUT2D eigenvalue weighted by Crippen LogP contribution is -2.29. The minimum absolute atomic E-state index is 0.0811. The SMILES string of the molecule is C/C=C\C(=C/C)C(O)(c1ccc(C(C)(C)C)cc1)c1ccc(C(C)(C)C)cc1. The van der Waals surface area contributed by atoms with Gasteiger partial charge in [-0.3, -0.25) is 0 Å². The van der Waals surface area contributed by atoms with Crippen LogP contribution in [-0.2, 0) is 16.4 Å². The third kappa shape index (κ3) is 4.47. The normalized spacial score (nSPS) is 14.0. The van der Waals surface area contributed by atoms with Crippen molar-refractivity contribution in [3.05, 3.63) is 94.6 Å². The third-order valence-electron chi connectivity index (χ3n) is 5.41. The van der Waals surface area contributed by atoms with Crippen LogP contribution >= 0.6 is 0 Å². The number of allylic oxidation sites excluding steroid dienone is 2. The second kappa shape index (κ2) is 8.09. The van der Waals surface area contributed by atoms with E-state index in [0.29, 0.717) is 0 Å². The van der Waals surface area contributed by atoms with Crippen LogP contribution in [0.5, 0.6) is 0 Å². The van der Waals surface area contributed by atoms with Gasteiger partial charge in [-0.2, -0.15) is 0 Å². The molecule has 1 N–H and O–H groups in total. The molecule has 2 aromatic carbocycles. The fourth-order valence-corrected chi connectivity index (χ4v) is 3.53. The Labute approximate surface area is 171 Å². The summed E-state index contributed by atoms with van der Waals surface area (Å²) in [5, 5.41) is 12.0. The van der Waals surface area contributed by atoms with Crippen molar-refractivity contribution in [2.45, 2.75) is 71.8 Å². The van der Waals surface area contributed by atoms with Gasteiger partial charge in [0.1, 0.15) is 5.60 Å². The largest absolute Gasteiger partial charge is 0.376 e. The van der Waals surface area contributed by atoms with Crippen molar-refractivity contribution >= 4 is 0 Å². The summed E-state index contributed by atoms with van der Waals surface area (Å²) in [4.78, 5) is 0. The van der Waals surface area contributed by atoms with E-state index in [0.717, 1.165) is 16.7 Å². The van der Waals surface area contributed by atoms with Crippen LogP contribution in [0.15, 0.2) is 72.3 Å². The highest BCUT2D eigenvalue weighted by Gasteiger charge is 2.35. The second-order valence-corrected chi connectivity index (χ2v) is 9.61. The molecule has 0 spiro atoms. The molecular weight excluding hydrogens is 340 g/mol. The average molecular weight is 377 g/mol. The number of benzene rings is 2. The molecule has 2 aromatic rings. The highest BCUT2D eigenvalue weighted by Crippen LogP contribution is 2.39. The van der Waals surface area contributed by atoms with Crippen LogP contribution in [0.3, 0.4) is 0 Å². The maximum Gasteiger partial charge on any atom is 0.140 e. The van der Waals surface area contributed by atoms with Crippen molar-refractivity contribution in [3.8, 4) is 0 Å². The van der Waals surface area contributed by atoms with Crippen molar-refractivity contribution in [2.24, 2.45) is 0 Å². The maximum absolute atomic E-state index is 12.0. The summed E-state index contributed by atoms with van der Waals surface area (Å²) < 4.78 is 0. The van der Waals surface area contributed by atoms with Crippen LogP contribution in [-0.4, -0.2) is 5.11 Å². The number of hydrogen-bond donors (Lipinski definition) is 1. The number of aliphatic hydroxyl groups is 1. The van der Waals surface area contributed by atoms with Crippen molar-refractivity contribution in [1.29, 1.82) is 0 Å². The first-order chi connectivity index (χ1) is 12.9. The summed E-state index contributed by atoms with van der Waals surface area (Å²) in [5.41, 5.74) is 4.14. The molecule has 28 heavy (non-hydrogen) atoms. The Morgan fingerprint density at radius 1 is 0.643 bits per heavy atom. The average Bonchev–Trinajstić information content (AvgIpc) is 2.64. The van der Waals surface area contributed by atoms with E-state index in [4.69, 9.17) is 0 Å². The molecular formula is C27H36O. The minimum Gasteiger partial charge on any atom is -0.376 e. The Morgan fingerprint density at radius 2 is 0.964 bits per heavy atom. The van der Waals surface area contributed by atoms with Crippen molar-refractivity contribution < 1.29 is 5.11 Å². The minimum atomic E-state index is -1.19. The van der Waals surface area contributed by atoms with Gasteiger partial charge in [0, 0.05) is 0 Å². The van der Waals surface area contributed by atoms with E-state index >= 15 is 0 Å². The molecule has 1 heteroatoms. The second-order valence-electron chi connectivity index (χ2n) is 9.61. The first-order valence-corrected chi connectivity index (χ1v) is 10.2. The fraction of sp³-hybridized carbons (Fsp3) is 0.407. The Morgan fingerprint density at radius 3 is 1.21 bits per heavy atom. The van der Waals surface area contributed by atoms with Gasteiger partial charge in [-0.1, -0.05) is 108 Å². The monoisotopic (exact) mass is 376 g/mol. The van der Waals surface area contributed by atoms with E-state index < -0.39 is 5.60 Å². The Hall–Kier alpha value is -2.12. The van der Waals surface area contributed by atoms with E-state index in [9.17, 15) is 5.11 Å². The Balaban J connectivity index is 2.65. The van der Waals surface area contributed by atoms with Gasteiger partial charge in [0.15, 0.2) is 0 Å². The molecule has 150 valence electrons.